The lowest BCUT2D eigenvalue weighted by Gasteiger charge is -2.18. The van der Waals surface area contributed by atoms with Crippen molar-refractivity contribution in [2.75, 3.05) is 7.11 Å². The summed E-state index contributed by atoms with van der Waals surface area (Å²) in [6.07, 6.45) is 0.151. The highest BCUT2D eigenvalue weighted by Gasteiger charge is 2.24. The number of fused-ring (bicyclic) bond motifs is 1. The number of benzene rings is 4. The summed E-state index contributed by atoms with van der Waals surface area (Å²) in [6, 6.07) is 25.7. The maximum Gasteiger partial charge on any atom is 0.337 e. The predicted octanol–water partition coefficient (Wildman–Crippen LogP) is 4.63. The zero-order valence-corrected chi connectivity index (χ0v) is 19.6. The Labute approximate surface area is 208 Å². The van der Waals surface area contributed by atoms with E-state index in [1.54, 1.807) is 36.4 Å². The van der Waals surface area contributed by atoms with Crippen LogP contribution in [0.3, 0.4) is 0 Å². The van der Waals surface area contributed by atoms with Crippen LogP contribution in [0.2, 0.25) is 0 Å². The molecule has 0 radical (unpaired) electrons. The van der Waals surface area contributed by atoms with E-state index in [2.05, 4.69) is 5.32 Å². The number of esters is 1. The molecule has 0 aromatic heterocycles. The molecule has 7 heteroatoms. The normalized spacial score (nSPS) is 11.5. The number of methoxy groups -OCH3 is 1. The van der Waals surface area contributed by atoms with Gasteiger partial charge in [-0.25, -0.2) is 9.59 Å². The van der Waals surface area contributed by atoms with Gasteiger partial charge in [0.2, 0.25) is 0 Å². The molecule has 0 saturated carbocycles. The van der Waals surface area contributed by atoms with Crippen LogP contribution in [-0.2, 0) is 22.6 Å². The third-order valence-corrected chi connectivity index (χ3v) is 5.77. The third-order valence-electron chi connectivity index (χ3n) is 5.77. The van der Waals surface area contributed by atoms with Crippen molar-refractivity contribution < 1.29 is 29.0 Å². The summed E-state index contributed by atoms with van der Waals surface area (Å²) in [4.78, 5) is 36.9. The Bertz CT molecular complexity index is 1380. The first-order valence-electron chi connectivity index (χ1n) is 11.4. The number of ether oxygens (including phenoxy) is 2. The second kappa shape index (κ2) is 11.2. The molecule has 0 aliphatic heterocycles. The molecule has 7 nitrogen and oxygen atoms in total. The van der Waals surface area contributed by atoms with Gasteiger partial charge in [0, 0.05) is 11.8 Å². The minimum Gasteiger partial charge on any atom is -0.487 e. The molecule has 182 valence electrons. The average molecular weight is 484 g/mol. The van der Waals surface area contributed by atoms with Crippen molar-refractivity contribution in [3.63, 3.8) is 0 Å². The SMILES string of the molecule is COC(=O)c1ccc(COc2c(C(=O)N[C@@H](Cc3ccccc3)C(=O)O)ccc3ccccc23)cc1. The molecule has 0 unspecified atom stereocenters. The molecule has 0 bridgehead atoms. The smallest absolute Gasteiger partial charge is 0.337 e. The second-order valence-corrected chi connectivity index (χ2v) is 8.19. The van der Waals surface area contributed by atoms with Crippen molar-refractivity contribution in [3.05, 3.63) is 113 Å². The van der Waals surface area contributed by atoms with Gasteiger partial charge >= 0.3 is 11.9 Å². The van der Waals surface area contributed by atoms with Crippen LogP contribution in [0.15, 0.2) is 91.0 Å². The van der Waals surface area contributed by atoms with E-state index in [-0.39, 0.29) is 18.6 Å². The van der Waals surface area contributed by atoms with E-state index < -0.39 is 23.9 Å². The molecule has 36 heavy (non-hydrogen) atoms. The molecule has 4 aromatic rings. The number of carbonyl (C=O) groups excluding carboxylic acids is 2. The summed E-state index contributed by atoms with van der Waals surface area (Å²) >= 11 is 0. The first kappa shape index (κ1) is 24.5. The van der Waals surface area contributed by atoms with Crippen molar-refractivity contribution in [1.82, 2.24) is 5.32 Å². The fourth-order valence-corrected chi connectivity index (χ4v) is 3.87. The monoisotopic (exact) mass is 483 g/mol. The van der Waals surface area contributed by atoms with E-state index in [4.69, 9.17) is 9.47 Å². The molecule has 0 fully saturated rings. The molecular weight excluding hydrogens is 458 g/mol. The number of aliphatic carboxylic acids is 1. The minimum atomic E-state index is -1.12. The Morgan fingerprint density at radius 3 is 2.22 bits per heavy atom. The van der Waals surface area contributed by atoms with Crippen molar-refractivity contribution in [1.29, 1.82) is 0 Å². The van der Waals surface area contributed by atoms with Gasteiger partial charge in [0.1, 0.15) is 18.4 Å². The van der Waals surface area contributed by atoms with Gasteiger partial charge < -0.3 is 19.9 Å². The molecule has 1 atom stereocenters. The summed E-state index contributed by atoms with van der Waals surface area (Å²) in [6.45, 7) is 0.141. The van der Waals surface area contributed by atoms with E-state index in [0.29, 0.717) is 11.3 Å². The highest BCUT2D eigenvalue weighted by atomic mass is 16.5. The molecule has 0 saturated heterocycles. The van der Waals surface area contributed by atoms with Crippen molar-refractivity contribution in [2.24, 2.45) is 0 Å². The lowest BCUT2D eigenvalue weighted by atomic mass is 10.0. The Balaban J connectivity index is 1.59. The maximum atomic E-state index is 13.3. The number of carboxylic acid groups (broad SMARTS) is 1. The minimum absolute atomic E-state index is 0.141. The molecule has 4 rings (SSSR count). The van der Waals surface area contributed by atoms with E-state index in [1.165, 1.54) is 7.11 Å². The van der Waals surface area contributed by atoms with Crippen LogP contribution >= 0.6 is 0 Å². The van der Waals surface area contributed by atoms with Gasteiger partial charge in [-0.1, -0.05) is 72.8 Å². The fraction of sp³-hybridized carbons (Fsp3) is 0.138. The molecule has 2 N–H and O–H groups in total. The summed E-state index contributed by atoms with van der Waals surface area (Å²) in [5.41, 5.74) is 2.24. The summed E-state index contributed by atoms with van der Waals surface area (Å²) in [5, 5.41) is 14.0. The van der Waals surface area contributed by atoms with E-state index in [0.717, 1.165) is 21.9 Å². The Kier molecular flexibility index (Phi) is 7.60. The van der Waals surface area contributed by atoms with Gasteiger partial charge in [0.25, 0.3) is 5.91 Å². The van der Waals surface area contributed by atoms with Crippen LogP contribution in [0, 0.1) is 0 Å². The first-order chi connectivity index (χ1) is 17.5. The van der Waals surface area contributed by atoms with Gasteiger partial charge in [-0.15, -0.1) is 0 Å². The maximum absolute atomic E-state index is 13.3. The molecule has 4 aromatic carbocycles. The largest absolute Gasteiger partial charge is 0.487 e. The number of rotatable bonds is 9. The Morgan fingerprint density at radius 1 is 0.833 bits per heavy atom. The zero-order chi connectivity index (χ0) is 25.5. The average Bonchev–Trinajstić information content (AvgIpc) is 2.91. The van der Waals surface area contributed by atoms with Gasteiger partial charge in [-0.3, -0.25) is 4.79 Å². The van der Waals surface area contributed by atoms with Crippen molar-refractivity contribution in [2.45, 2.75) is 19.1 Å². The molecular formula is C29H25NO6. The lowest BCUT2D eigenvalue weighted by Crippen LogP contribution is -2.42. The second-order valence-electron chi connectivity index (χ2n) is 8.19. The van der Waals surface area contributed by atoms with E-state index in [9.17, 15) is 19.5 Å². The predicted molar refractivity (Wildman–Crippen MR) is 135 cm³/mol. The first-order valence-corrected chi connectivity index (χ1v) is 11.4. The Morgan fingerprint density at radius 2 is 1.53 bits per heavy atom. The van der Waals surface area contributed by atoms with Gasteiger partial charge in [-0.2, -0.15) is 0 Å². The Hall–Kier alpha value is -4.65. The topological polar surface area (TPSA) is 102 Å². The van der Waals surface area contributed by atoms with Gasteiger partial charge in [0.05, 0.1) is 18.2 Å². The fourth-order valence-electron chi connectivity index (χ4n) is 3.87. The van der Waals surface area contributed by atoms with Crippen LogP contribution in [0.1, 0.15) is 31.8 Å². The molecule has 0 aliphatic carbocycles. The van der Waals surface area contributed by atoms with Crippen LogP contribution in [-0.4, -0.2) is 36.1 Å². The summed E-state index contributed by atoms with van der Waals surface area (Å²) in [7, 11) is 1.32. The van der Waals surface area contributed by atoms with Crippen LogP contribution < -0.4 is 10.1 Å². The van der Waals surface area contributed by atoms with Gasteiger partial charge in [-0.05, 0) is 34.7 Å². The van der Waals surface area contributed by atoms with E-state index >= 15 is 0 Å². The van der Waals surface area contributed by atoms with E-state index in [1.807, 2.05) is 54.6 Å². The van der Waals surface area contributed by atoms with Gasteiger partial charge in [0.15, 0.2) is 0 Å². The summed E-state index contributed by atoms with van der Waals surface area (Å²) in [5.74, 6) is -1.74. The van der Waals surface area contributed by atoms with Crippen molar-refractivity contribution >= 4 is 28.6 Å². The highest BCUT2D eigenvalue weighted by Crippen LogP contribution is 2.31. The number of hydrogen-bond donors (Lipinski definition) is 2. The molecule has 0 spiro atoms. The van der Waals surface area contributed by atoms with Crippen molar-refractivity contribution in [3.8, 4) is 5.75 Å². The molecule has 1 amide bonds. The van der Waals surface area contributed by atoms with Crippen LogP contribution in [0.25, 0.3) is 10.8 Å². The number of hydrogen-bond acceptors (Lipinski definition) is 5. The number of nitrogens with one attached hydrogen (secondary N) is 1. The number of carbonyl (C=O) groups is 3. The third kappa shape index (κ3) is 5.70. The highest BCUT2D eigenvalue weighted by molar-refractivity contribution is 6.04. The quantitative estimate of drug-likeness (QED) is 0.337. The standard InChI is InChI=1S/C29H25NO6/c1-35-29(34)22-13-11-20(12-14-22)18-36-26-23-10-6-5-9-21(23)15-16-24(26)27(31)30-25(28(32)33)17-19-7-3-2-4-8-19/h2-16,25H,17-18H2,1H3,(H,30,31)(H,32,33)/t25-/m0/s1. The molecule has 0 heterocycles. The van der Waals surface area contributed by atoms with Crippen LogP contribution in [0.5, 0.6) is 5.75 Å². The molecule has 0 aliphatic rings. The van der Waals surface area contributed by atoms with Crippen LogP contribution in [0.4, 0.5) is 0 Å². The lowest BCUT2D eigenvalue weighted by molar-refractivity contribution is -0.139. The zero-order valence-electron chi connectivity index (χ0n) is 19.6. The number of carboxylic acids is 1. The summed E-state index contributed by atoms with van der Waals surface area (Å²) < 4.78 is 10.8. The number of amides is 1.